The van der Waals surface area contributed by atoms with Gasteiger partial charge in [0.1, 0.15) is 0 Å². The molecule has 1 rings (SSSR count). The van der Waals surface area contributed by atoms with Crippen LogP contribution in [0.2, 0.25) is 0 Å². The van der Waals surface area contributed by atoms with Gasteiger partial charge in [-0.25, -0.2) is 0 Å². The number of hydrazone groups is 1. The minimum absolute atomic E-state index is 0.0427. The molecule has 4 heteroatoms. The van der Waals surface area contributed by atoms with E-state index in [1.54, 1.807) is 0 Å². The van der Waals surface area contributed by atoms with Gasteiger partial charge in [-0.15, -0.1) is 11.6 Å². The Kier molecular flexibility index (Phi) is 4.13. The molecule has 0 unspecified atom stereocenters. The van der Waals surface area contributed by atoms with Crippen molar-refractivity contribution in [3.8, 4) is 0 Å². The Morgan fingerprint density at radius 2 is 2.29 bits per heavy atom. The number of carbonyl (C=O) groups is 1. The number of Topliss-reactive ketones (excluding diaryl/α,β-unsaturated/α-hetero) is 1. The largest absolute Gasteiger partial charge is 0.292 e. The summed E-state index contributed by atoms with van der Waals surface area (Å²) in [6.45, 7) is 1.96. The first-order valence-corrected chi connectivity index (χ1v) is 4.71. The van der Waals surface area contributed by atoms with Crippen LogP contribution in [0, 0.1) is 6.92 Å². The number of para-hydroxylation sites is 1. The maximum absolute atomic E-state index is 10.8. The molecule has 74 valence electrons. The first-order chi connectivity index (χ1) is 6.74. The van der Waals surface area contributed by atoms with Crippen LogP contribution in [-0.4, -0.2) is 17.9 Å². The molecule has 0 heterocycles. The fraction of sp³-hybridized carbons (Fsp3) is 0.200. The van der Waals surface area contributed by atoms with Gasteiger partial charge in [0.2, 0.25) is 0 Å². The number of anilines is 1. The number of rotatable bonds is 4. The van der Waals surface area contributed by atoms with E-state index in [1.165, 1.54) is 6.21 Å². The molecule has 0 amide bonds. The smallest absolute Gasteiger partial charge is 0.190 e. The van der Waals surface area contributed by atoms with Crippen molar-refractivity contribution in [1.29, 1.82) is 0 Å². The van der Waals surface area contributed by atoms with Crippen LogP contribution in [0.25, 0.3) is 0 Å². The highest BCUT2D eigenvalue weighted by Crippen LogP contribution is 2.12. The first kappa shape index (κ1) is 10.7. The number of nitrogens with one attached hydrogen (secondary N) is 1. The van der Waals surface area contributed by atoms with Gasteiger partial charge in [-0.2, -0.15) is 5.10 Å². The summed E-state index contributed by atoms with van der Waals surface area (Å²) < 4.78 is 0. The number of alkyl halides is 1. The Balaban J connectivity index is 2.58. The van der Waals surface area contributed by atoms with E-state index >= 15 is 0 Å². The van der Waals surface area contributed by atoms with Gasteiger partial charge < -0.3 is 0 Å². The third-order valence-electron chi connectivity index (χ3n) is 1.67. The van der Waals surface area contributed by atoms with Crippen molar-refractivity contribution in [3.05, 3.63) is 29.8 Å². The quantitative estimate of drug-likeness (QED) is 0.470. The fourth-order valence-corrected chi connectivity index (χ4v) is 0.976. The Hall–Kier alpha value is -1.35. The van der Waals surface area contributed by atoms with Gasteiger partial charge >= 0.3 is 0 Å². The number of halogens is 1. The van der Waals surface area contributed by atoms with Crippen LogP contribution < -0.4 is 5.43 Å². The lowest BCUT2D eigenvalue weighted by Gasteiger charge is -2.02. The second kappa shape index (κ2) is 5.40. The fourth-order valence-electron chi connectivity index (χ4n) is 0.907. The van der Waals surface area contributed by atoms with Crippen LogP contribution in [0.15, 0.2) is 29.4 Å². The standard InChI is InChI=1S/C10H11ClN2O/c1-8-4-2-3-5-10(8)13-12-7-9(14)6-11/h2-5,7,13H,6H2,1H3/b12-7-. The number of nitrogens with zero attached hydrogens (tertiary/aromatic N) is 1. The van der Waals surface area contributed by atoms with E-state index in [2.05, 4.69) is 10.5 Å². The maximum Gasteiger partial charge on any atom is 0.190 e. The SMILES string of the molecule is Cc1ccccc1N/N=C\C(=O)CCl. The van der Waals surface area contributed by atoms with E-state index in [9.17, 15) is 4.79 Å². The van der Waals surface area contributed by atoms with E-state index in [4.69, 9.17) is 11.6 Å². The van der Waals surface area contributed by atoms with Gasteiger partial charge in [-0.3, -0.25) is 10.2 Å². The van der Waals surface area contributed by atoms with Crippen molar-refractivity contribution in [2.45, 2.75) is 6.92 Å². The summed E-state index contributed by atoms with van der Waals surface area (Å²) in [5.41, 5.74) is 4.72. The van der Waals surface area contributed by atoms with Gasteiger partial charge in [0.25, 0.3) is 0 Å². The molecule has 0 aliphatic heterocycles. The summed E-state index contributed by atoms with van der Waals surface area (Å²) in [5, 5.41) is 3.76. The monoisotopic (exact) mass is 210 g/mol. The van der Waals surface area contributed by atoms with E-state index in [-0.39, 0.29) is 11.7 Å². The van der Waals surface area contributed by atoms with E-state index < -0.39 is 0 Å². The van der Waals surface area contributed by atoms with Crippen LogP contribution in [0.4, 0.5) is 5.69 Å². The molecule has 1 aromatic rings. The Morgan fingerprint density at radius 3 is 2.93 bits per heavy atom. The number of carbonyl (C=O) groups excluding carboxylic acids is 1. The van der Waals surface area contributed by atoms with E-state index in [0.717, 1.165) is 11.3 Å². The number of hydrogen-bond acceptors (Lipinski definition) is 3. The predicted molar refractivity (Wildman–Crippen MR) is 59.0 cm³/mol. The number of aryl methyl sites for hydroxylation is 1. The van der Waals surface area contributed by atoms with Gasteiger partial charge in [-0.05, 0) is 18.6 Å². The molecule has 0 radical (unpaired) electrons. The van der Waals surface area contributed by atoms with Crippen LogP contribution in [0.1, 0.15) is 5.56 Å². The molecule has 0 spiro atoms. The van der Waals surface area contributed by atoms with Crippen molar-refractivity contribution >= 4 is 29.3 Å². The molecule has 0 aliphatic carbocycles. The Morgan fingerprint density at radius 1 is 1.57 bits per heavy atom. The van der Waals surface area contributed by atoms with Gasteiger partial charge in [0.15, 0.2) is 5.78 Å². The molecule has 0 aromatic heterocycles. The topological polar surface area (TPSA) is 41.5 Å². The Bertz CT molecular complexity index is 350. The van der Waals surface area contributed by atoms with Gasteiger partial charge in [-0.1, -0.05) is 18.2 Å². The summed E-state index contributed by atoms with van der Waals surface area (Å²) in [6, 6.07) is 7.68. The van der Waals surface area contributed by atoms with Crippen LogP contribution in [0.3, 0.4) is 0 Å². The summed E-state index contributed by atoms with van der Waals surface area (Å²) in [4.78, 5) is 10.8. The minimum atomic E-state index is -0.215. The molecule has 0 atom stereocenters. The Labute approximate surface area is 87.8 Å². The molecule has 0 saturated heterocycles. The highest BCUT2D eigenvalue weighted by molar-refractivity contribution is 6.41. The van der Waals surface area contributed by atoms with E-state index in [0.29, 0.717) is 0 Å². The van der Waals surface area contributed by atoms with Crippen molar-refractivity contribution in [1.82, 2.24) is 0 Å². The summed E-state index contributed by atoms with van der Waals surface area (Å²) in [5.74, 6) is -0.258. The van der Waals surface area contributed by atoms with Crippen LogP contribution >= 0.6 is 11.6 Å². The molecule has 0 fully saturated rings. The molecule has 0 aliphatic rings. The third kappa shape index (κ3) is 3.18. The highest BCUT2D eigenvalue weighted by atomic mass is 35.5. The average Bonchev–Trinajstić information content (AvgIpc) is 2.20. The molecular formula is C10H11ClN2O. The normalized spacial score (nSPS) is 10.4. The number of benzene rings is 1. The zero-order valence-electron chi connectivity index (χ0n) is 7.83. The molecule has 1 aromatic carbocycles. The highest BCUT2D eigenvalue weighted by Gasteiger charge is 1.94. The van der Waals surface area contributed by atoms with Crippen molar-refractivity contribution in [2.24, 2.45) is 5.10 Å². The van der Waals surface area contributed by atoms with Crippen molar-refractivity contribution < 1.29 is 4.79 Å². The number of hydrogen-bond donors (Lipinski definition) is 1. The lowest BCUT2D eigenvalue weighted by atomic mass is 10.2. The maximum atomic E-state index is 10.8. The second-order valence-corrected chi connectivity index (χ2v) is 3.05. The summed E-state index contributed by atoms with van der Waals surface area (Å²) >= 11 is 5.30. The van der Waals surface area contributed by atoms with Crippen LogP contribution in [0.5, 0.6) is 0 Å². The van der Waals surface area contributed by atoms with Crippen molar-refractivity contribution in [3.63, 3.8) is 0 Å². The third-order valence-corrected chi connectivity index (χ3v) is 1.93. The summed E-state index contributed by atoms with van der Waals surface area (Å²) in [6.07, 6.45) is 1.18. The van der Waals surface area contributed by atoms with Crippen molar-refractivity contribution in [2.75, 3.05) is 11.3 Å². The minimum Gasteiger partial charge on any atom is -0.292 e. The zero-order valence-corrected chi connectivity index (χ0v) is 8.58. The van der Waals surface area contributed by atoms with E-state index in [1.807, 2.05) is 31.2 Å². The van der Waals surface area contributed by atoms with Gasteiger partial charge in [0, 0.05) is 0 Å². The first-order valence-electron chi connectivity index (χ1n) is 4.17. The lowest BCUT2D eigenvalue weighted by Crippen LogP contribution is -2.02. The van der Waals surface area contributed by atoms with Crippen LogP contribution in [-0.2, 0) is 4.79 Å². The molecule has 3 nitrogen and oxygen atoms in total. The molecule has 14 heavy (non-hydrogen) atoms. The molecule has 1 N–H and O–H groups in total. The lowest BCUT2D eigenvalue weighted by molar-refractivity contribution is -0.110. The predicted octanol–water partition coefficient (Wildman–Crippen LogP) is 2.20. The average molecular weight is 211 g/mol. The zero-order chi connectivity index (χ0) is 10.4. The number of ketones is 1. The molecule has 0 bridgehead atoms. The van der Waals surface area contributed by atoms with Gasteiger partial charge in [0.05, 0.1) is 17.8 Å². The molecular weight excluding hydrogens is 200 g/mol. The summed E-state index contributed by atoms with van der Waals surface area (Å²) in [7, 11) is 0. The second-order valence-electron chi connectivity index (χ2n) is 2.78. The molecule has 0 saturated carbocycles.